The van der Waals surface area contributed by atoms with Crippen molar-refractivity contribution in [1.82, 2.24) is 9.55 Å². The molecule has 0 atom stereocenters. The number of hydrogen-bond acceptors (Lipinski definition) is 3. The first-order valence-electron chi connectivity index (χ1n) is 7.93. The van der Waals surface area contributed by atoms with Gasteiger partial charge in [-0.1, -0.05) is 0 Å². The van der Waals surface area contributed by atoms with Gasteiger partial charge in [-0.25, -0.2) is 18.2 Å². The third-order valence-electron chi connectivity index (χ3n) is 3.74. The molecule has 2 aromatic carbocycles. The van der Waals surface area contributed by atoms with Gasteiger partial charge in [0.2, 0.25) is 5.91 Å². The fourth-order valence-corrected chi connectivity index (χ4v) is 2.52. The van der Waals surface area contributed by atoms with E-state index in [0.29, 0.717) is 11.3 Å². The Balaban J connectivity index is 1.94. The van der Waals surface area contributed by atoms with Gasteiger partial charge in [0, 0.05) is 23.4 Å². The lowest BCUT2D eigenvalue weighted by Gasteiger charge is -2.13. The van der Waals surface area contributed by atoms with Gasteiger partial charge in [-0.2, -0.15) is 0 Å². The van der Waals surface area contributed by atoms with Gasteiger partial charge in [0.05, 0.1) is 5.69 Å². The highest BCUT2D eigenvalue weighted by Gasteiger charge is 2.15. The van der Waals surface area contributed by atoms with Crippen LogP contribution in [0.4, 0.5) is 18.9 Å². The normalized spacial score (nSPS) is 10.7. The minimum Gasteiger partial charge on any atom is -0.322 e. The van der Waals surface area contributed by atoms with Gasteiger partial charge in [-0.3, -0.25) is 14.2 Å². The van der Waals surface area contributed by atoms with Gasteiger partial charge in [0.15, 0.2) is 0 Å². The molecule has 0 saturated heterocycles. The zero-order valence-electron chi connectivity index (χ0n) is 14.2. The predicted molar refractivity (Wildman–Crippen MR) is 93.6 cm³/mol. The van der Waals surface area contributed by atoms with E-state index in [1.807, 2.05) is 0 Å². The molecule has 0 aliphatic carbocycles. The average Bonchev–Trinajstić information content (AvgIpc) is 2.61. The first-order chi connectivity index (χ1) is 12.8. The lowest BCUT2D eigenvalue weighted by Crippen LogP contribution is -2.29. The minimum absolute atomic E-state index is 0.162. The summed E-state index contributed by atoms with van der Waals surface area (Å²) in [5.74, 6) is -2.56. The summed E-state index contributed by atoms with van der Waals surface area (Å²) in [5.41, 5.74) is 0.0160. The highest BCUT2D eigenvalue weighted by Crippen LogP contribution is 2.18. The molecule has 0 spiro atoms. The van der Waals surface area contributed by atoms with E-state index < -0.39 is 35.5 Å². The minimum atomic E-state index is -0.808. The van der Waals surface area contributed by atoms with Crippen LogP contribution in [0.25, 0.3) is 11.4 Å². The Morgan fingerprint density at radius 1 is 1.04 bits per heavy atom. The van der Waals surface area contributed by atoms with E-state index in [-0.39, 0.29) is 11.5 Å². The summed E-state index contributed by atoms with van der Waals surface area (Å²) in [4.78, 5) is 28.9. The van der Waals surface area contributed by atoms with E-state index in [0.717, 1.165) is 22.8 Å². The second-order valence-corrected chi connectivity index (χ2v) is 5.82. The molecule has 1 N–H and O–H groups in total. The molecule has 1 amide bonds. The van der Waals surface area contributed by atoms with E-state index in [9.17, 15) is 22.8 Å². The van der Waals surface area contributed by atoms with Crippen LogP contribution in [0.1, 0.15) is 5.69 Å². The van der Waals surface area contributed by atoms with Crippen molar-refractivity contribution in [3.05, 3.63) is 82.0 Å². The second-order valence-electron chi connectivity index (χ2n) is 5.82. The zero-order chi connectivity index (χ0) is 19.6. The number of carbonyl (C=O) groups is 1. The number of benzene rings is 2. The number of amides is 1. The molecule has 0 bridgehead atoms. The van der Waals surface area contributed by atoms with Gasteiger partial charge in [-0.05, 0) is 43.3 Å². The second kappa shape index (κ2) is 7.45. The lowest BCUT2D eigenvalue weighted by atomic mass is 10.2. The molecule has 0 aliphatic rings. The van der Waals surface area contributed by atoms with E-state index in [1.54, 1.807) is 6.92 Å². The molecule has 3 rings (SSSR count). The van der Waals surface area contributed by atoms with Crippen molar-refractivity contribution in [2.45, 2.75) is 13.5 Å². The van der Waals surface area contributed by atoms with Crippen molar-refractivity contribution in [3.8, 4) is 11.4 Å². The fourth-order valence-electron chi connectivity index (χ4n) is 2.52. The Kier molecular flexibility index (Phi) is 5.07. The number of aromatic nitrogens is 2. The summed E-state index contributed by atoms with van der Waals surface area (Å²) in [6.45, 7) is 1.13. The predicted octanol–water partition coefficient (Wildman–Crippen LogP) is 3.27. The zero-order valence-corrected chi connectivity index (χ0v) is 14.2. The fraction of sp³-hybridized carbons (Fsp3) is 0.105. The number of anilines is 1. The molecule has 0 fully saturated rings. The van der Waals surface area contributed by atoms with Gasteiger partial charge in [0.25, 0.3) is 5.56 Å². The van der Waals surface area contributed by atoms with E-state index >= 15 is 0 Å². The highest BCUT2D eigenvalue weighted by molar-refractivity contribution is 5.91. The van der Waals surface area contributed by atoms with Gasteiger partial charge >= 0.3 is 0 Å². The quantitative estimate of drug-likeness (QED) is 0.763. The van der Waals surface area contributed by atoms with Crippen LogP contribution in [-0.2, 0) is 11.3 Å². The van der Waals surface area contributed by atoms with Gasteiger partial charge < -0.3 is 5.32 Å². The maximum Gasteiger partial charge on any atom is 0.254 e. The molecule has 1 heterocycles. The molecular formula is C19H14F3N3O2. The monoisotopic (exact) mass is 373 g/mol. The van der Waals surface area contributed by atoms with Crippen LogP contribution in [-0.4, -0.2) is 15.5 Å². The van der Waals surface area contributed by atoms with Crippen molar-refractivity contribution in [2.75, 3.05) is 5.32 Å². The molecule has 0 radical (unpaired) electrons. The Morgan fingerprint density at radius 3 is 2.41 bits per heavy atom. The first kappa shape index (κ1) is 18.4. The average molecular weight is 373 g/mol. The van der Waals surface area contributed by atoms with Crippen LogP contribution >= 0.6 is 0 Å². The molecule has 1 aromatic heterocycles. The smallest absolute Gasteiger partial charge is 0.254 e. The molecule has 3 aromatic rings. The Morgan fingerprint density at radius 2 is 1.70 bits per heavy atom. The Bertz CT molecular complexity index is 1060. The van der Waals surface area contributed by atoms with Crippen molar-refractivity contribution in [1.29, 1.82) is 0 Å². The van der Waals surface area contributed by atoms with Crippen molar-refractivity contribution in [3.63, 3.8) is 0 Å². The van der Waals surface area contributed by atoms with E-state index in [1.165, 1.54) is 30.3 Å². The third-order valence-corrected chi connectivity index (χ3v) is 3.74. The summed E-state index contributed by atoms with van der Waals surface area (Å²) in [5, 5.41) is 2.23. The summed E-state index contributed by atoms with van der Waals surface area (Å²) >= 11 is 0. The number of aryl methyl sites for hydroxylation is 1. The third kappa shape index (κ3) is 4.22. The van der Waals surface area contributed by atoms with Gasteiger partial charge in [0.1, 0.15) is 29.8 Å². The number of hydrogen-bond donors (Lipinski definition) is 1. The Hall–Kier alpha value is -3.42. The van der Waals surface area contributed by atoms with E-state index in [2.05, 4.69) is 10.3 Å². The van der Waals surface area contributed by atoms with Gasteiger partial charge in [-0.15, -0.1) is 0 Å². The Labute approximate surface area is 152 Å². The van der Waals surface area contributed by atoms with E-state index in [4.69, 9.17) is 0 Å². The van der Waals surface area contributed by atoms with Crippen LogP contribution in [0.3, 0.4) is 0 Å². The first-order valence-corrected chi connectivity index (χ1v) is 7.93. The van der Waals surface area contributed by atoms with Crippen LogP contribution in [0, 0.1) is 24.4 Å². The largest absolute Gasteiger partial charge is 0.322 e. The summed E-state index contributed by atoms with van der Waals surface area (Å²) in [7, 11) is 0. The summed E-state index contributed by atoms with van der Waals surface area (Å²) in [6.07, 6.45) is 0. The molecule has 0 aliphatic heterocycles. The molecule has 27 heavy (non-hydrogen) atoms. The van der Waals surface area contributed by atoms with Crippen LogP contribution in [0.2, 0.25) is 0 Å². The number of rotatable bonds is 4. The topological polar surface area (TPSA) is 64.0 Å². The maximum absolute atomic E-state index is 13.7. The van der Waals surface area contributed by atoms with Crippen molar-refractivity contribution < 1.29 is 18.0 Å². The summed E-state index contributed by atoms with van der Waals surface area (Å²) in [6, 6.07) is 9.15. The molecule has 8 heteroatoms. The summed E-state index contributed by atoms with van der Waals surface area (Å²) < 4.78 is 41.2. The SMILES string of the molecule is Cc1cc(=O)n(CC(=O)Nc2cc(F)ccc2F)c(-c2ccc(F)cc2)n1. The van der Waals surface area contributed by atoms with Crippen molar-refractivity contribution in [2.24, 2.45) is 0 Å². The maximum atomic E-state index is 13.7. The van der Waals surface area contributed by atoms with Crippen molar-refractivity contribution >= 4 is 11.6 Å². The lowest BCUT2D eigenvalue weighted by molar-refractivity contribution is -0.116. The molecular weight excluding hydrogens is 359 g/mol. The number of nitrogens with zero attached hydrogens (tertiary/aromatic N) is 2. The number of nitrogens with one attached hydrogen (secondary N) is 1. The molecule has 0 unspecified atom stereocenters. The molecule has 5 nitrogen and oxygen atoms in total. The number of carbonyl (C=O) groups excluding carboxylic acids is 1. The molecule has 138 valence electrons. The van der Waals surface area contributed by atoms with Crippen LogP contribution in [0.5, 0.6) is 0 Å². The van der Waals surface area contributed by atoms with Crippen LogP contribution < -0.4 is 10.9 Å². The molecule has 0 saturated carbocycles. The van der Waals surface area contributed by atoms with Crippen LogP contribution in [0.15, 0.2) is 53.3 Å². The highest BCUT2D eigenvalue weighted by atomic mass is 19.1. The standard InChI is InChI=1S/C19H14F3N3O2/c1-11-8-18(27)25(19(23-11)12-2-4-13(20)5-3-12)10-17(26)24-16-9-14(21)6-7-15(16)22/h2-9H,10H2,1H3,(H,24,26). The number of halogens is 3.